The van der Waals surface area contributed by atoms with Gasteiger partial charge in [-0.05, 0) is 80.7 Å². The molecule has 5 nitrogen and oxygen atoms in total. The van der Waals surface area contributed by atoms with Gasteiger partial charge in [-0.3, -0.25) is 9.69 Å². The highest BCUT2D eigenvalue weighted by atomic mass is 16.5. The topological polar surface area (TPSA) is 50.8 Å². The molecule has 156 valence electrons. The minimum absolute atomic E-state index is 0.0748. The normalized spacial score (nSPS) is 16.2. The molecule has 0 spiro atoms. The molecule has 1 N–H and O–H groups in total. The number of rotatable bonds is 8. The molecule has 0 aliphatic carbocycles. The quantitative estimate of drug-likeness (QED) is 0.729. The summed E-state index contributed by atoms with van der Waals surface area (Å²) < 4.78 is 10.9. The molecule has 1 heterocycles. The van der Waals surface area contributed by atoms with Crippen LogP contribution < -0.4 is 14.8 Å². The number of amides is 1. The zero-order valence-corrected chi connectivity index (χ0v) is 17.7. The molecule has 5 heteroatoms. The van der Waals surface area contributed by atoms with Gasteiger partial charge in [-0.2, -0.15) is 0 Å². The molecule has 0 aromatic heterocycles. The molecule has 0 unspecified atom stereocenters. The van der Waals surface area contributed by atoms with Gasteiger partial charge in [0.1, 0.15) is 18.1 Å². The molecule has 29 heavy (non-hydrogen) atoms. The Hall–Kier alpha value is -2.53. The summed E-state index contributed by atoms with van der Waals surface area (Å²) in [7, 11) is 1.63. The summed E-state index contributed by atoms with van der Waals surface area (Å²) in [4.78, 5) is 15.0. The zero-order chi connectivity index (χ0) is 20.6. The van der Waals surface area contributed by atoms with Crippen molar-refractivity contribution in [2.45, 2.75) is 39.3 Å². The molecular formula is C24H32N2O3. The minimum atomic E-state index is -0.0976. The summed E-state index contributed by atoms with van der Waals surface area (Å²) in [6.07, 6.45) is 2.55. The molecule has 0 saturated carbocycles. The van der Waals surface area contributed by atoms with E-state index in [1.165, 1.54) is 18.4 Å². The predicted octanol–water partition coefficient (Wildman–Crippen LogP) is 4.12. The molecule has 2 aromatic rings. The molecular weight excluding hydrogens is 364 g/mol. The smallest absolute Gasteiger partial charge is 0.251 e. The first-order valence-electron chi connectivity index (χ1n) is 10.4. The number of carbonyl (C=O) groups excluding carboxylic acids is 1. The van der Waals surface area contributed by atoms with E-state index in [-0.39, 0.29) is 11.9 Å². The number of hydrogen-bond donors (Lipinski definition) is 1. The van der Waals surface area contributed by atoms with Gasteiger partial charge in [0, 0.05) is 12.1 Å². The maximum Gasteiger partial charge on any atom is 0.251 e. The summed E-state index contributed by atoms with van der Waals surface area (Å²) in [6.45, 7) is 7.95. The van der Waals surface area contributed by atoms with Gasteiger partial charge in [-0.15, -0.1) is 0 Å². The number of benzene rings is 2. The Kier molecular flexibility index (Phi) is 7.53. The third kappa shape index (κ3) is 6.50. The van der Waals surface area contributed by atoms with Crippen molar-refractivity contribution in [1.82, 2.24) is 10.2 Å². The highest BCUT2D eigenvalue weighted by Gasteiger charge is 2.16. The van der Waals surface area contributed by atoms with E-state index in [9.17, 15) is 4.79 Å². The van der Waals surface area contributed by atoms with Crippen molar-refractivity contribution in [3.8, 4) is 11.5 Å². The van der Waals surface area contributed by atoms with Gasteiger partial charge in [0.05, 0.1) is 13.2 Å². The van der Waals surface area contributed by atoms with Crippen molar-refractivity contribution >= 4 is 5.91 Å². The van der Waals surface area contributed by atoms with Crippen molar-refractivity contribution in [2.24, 2.45) is 5.92 Å². The van der Waals surface area contributed by atoms with Gasteiger partial charge in [0.25, 0.3) is 5.91 Å². The van der Waals surface area contributed by atoms with Gasteiger partial charge >= 0.3 is 0 Å². The molecule has 1 fully saturated rings. The number of nitrogens with zero attached hydrogens (tertiary/aromatic N) is 1. The first kappa shape index (κ1) is 21.2. The molecule has 1 saturated heterocycles. The number of methoxy groups -OCH3 is 1. The van der Waals surface area contributed by atoms with Crippen molar-refractivity contribution in [1.29, 1.82) is 0 Å². The fraction of sp³-hybridized carbons (Fsp3) is 0.458. The van der Waals surface area contributed by atoms with Crippen LogP contribution in [0.3, 0.4) is 0 Å². The van der Waals surface area contributed by atoms with E-state index >= 15 is 0 Å². The SMILES string of the molecule is COc1ccc(OC[C@H](C)NC(=O)c2ccc(CN3CCC(C)CC3)cc2)cc1. The van der Waals surface area contributed by atoms with Gasteiger partial charge < -0.3 is 14.8 Å². The summed E-state index contributed by atoms with van der Waals surface area (Å²) in [6, 6.07) is 15.3. The van der Waals surface area contributed by atoms with Crippen molar-refractivity contribution < 1.29 is 14.3 Å². The maximum atomic E-state index is 12.5. The predicted molar refractivity (Wildman–Crippen MR) is 116 cm³/mol. The second-order valence-corrected chi connectivity index (χ2v) is 8.02. The van der Waals surface area contributed by atoms with E-state index in [0.29, 0.717) is 12.2 Å². The van der Waals surface area contributed by atoms with E-state index in [0.717, 1.165) is 37.1 Å². The zero-order valence-electron chi connectivity index (χ0n) is 17.7. The van der Waals surface area contributed by atoms with Crippen LogP contribution in [0.25, 0.3) is 0 Å². The fourth-order valence-electron chi connectivity index (χ4n) is 3.48. The van der Waals surface area contributed by atoms with E-state index < -0.39 is 0 Å². The summed E-state index contributed by atoms with van der Waals surface area (Å²) in [5.41, 5.74) is 1.93. The van der Waals surface area contributed by atoms with Crippen LogP contribution in [0.4, 0.5) is 0 Å². The summed E-state index contributed by atoms with van der Waals surface area (Å²) in [5.74, 6) is 2.31. The second kappa shape index (κ2) is 10.3. The Morgan fingerprint density at radius 1 is 1.07 bits per heavy atom. The van der Waals surface area contributed by atoms with Crippen LogP contribution in [0.15, 0.2) is 48.5 Å². The Morgan fingerprint density at radius 3 is 2.31 bits per heavy atom. The second-order valence-electron chi connectivity index (χ2n) is 8.02. The molecule has 3 rings (SSSR count). The van der Waals surface area contributed by atoms with Crippen LogP contribution in [0.2, 0.25) is 0 Å². The van der Waals surface area contributed by atoms with E-state index in [4.69, 9.17) is 9.47 Å². The monoisotopic (exact) mass is 396 g/mol. The van der Waals surface area contributed by atoms with Crippen LogP contribution >= 0.6 is 0 Å². The minimum Gasteiger partial charge on any atom is -0.497 e. The Bertz CT molecular complexity index is 766. The molecule has 1 aliphatic rings. The number of piperidine rings is 1. The van der Waals surface area contributed by atoms with E-state index in [1.807, 2.05) is 43.3 Å². The number of ether oxygens (including phenoxy) is 2. The summed E-state index contributed by atoms with van der Waals surface area (Å²) in [5, 5.41) is 3.00. The molecule has 0 radical (unpaired) electrons. The number of likely N-dealkylation sites (tertiary alicyclic amines) is 1. The highest BCUT2D eigenvalue weighted by molar-refractivity contribution is 5.94. The molecule has 1 atom stereocenters. The van der Waals surface area contributed by atoms with Gasteiger partial charge in [-0.25, -0.2) is 0 Å². The lowest BCUT2D eigenvalue weighted by Gasteiger charge is -2.30. The van der Waals surface area contributed by atoms with Crippen LogP contribution in [-0.2, 0) is 6.54 Å². The Labute approximate surface area is 174 Å². The van der Waals surface area contributed by atoms with Crippen molar-refractivity contribution in [3.05, 3.63) is 59.7 Å². The van der Waals surface area contributed by atoms with Crippen molar-refractivity contribution in [3.63, 3.8) is 0 Å². The molecule has 2 aromatic carbocycles. The third-order valence-corrected chi connectivity index (χ3v) is 5.44. The summed E-state index contributed by atoms with van der Waals surface area (Å²) >= 11 is 0. The van der Waals surface area contributed by atoms with Crippen LogP contribution in [-0.4, -0.2) is 43.7 Å². The largest absolute Gasteiger partial charge is 0.497 e. The van der Waals surface area contributed by atoms with Crippen molar-refractivity contribution in [2.75, 3.05) is 26.8 Å². The van der Waals surface area contributed by atoms with Crippen LogP contribution in [0.1, 0.15) is 42.6 Å². The van der Waals surface area contributed by atoms with Crippen LogP contribution in [0.5, 0.6) is 11.5 Å². The number of hydrogen-bond acceptors (Lipinski definition) is 4. The number of carbonyl (C=O) groups is 1. The highest BCUT2D eigenvalue weighted by Crippen LogP contribution is 2.19. The van der Waals surface area contributed by atoms with Gasteiger partial charge in [-0.1, -0.05) is 19.1 Å². The lowest BCUT2D eigenvalue weighted by molar-refractivity contribution is 0.0926. The first-order valence-corrected chi connectivity index (χ1v) is 10.4. The Morgan fingerprint density at radius 2 is 1.69 bits per heavy atom. The fourth-order valence-corrected chi connectivity index (χ4v) is 3.48. The number of nitrogens with one attached hydrogen (secondary N) is 1. The third-order valence-electron chi connectivity index (χ3n) is 5.44. The van der Waals surface area contributed by atoms with E-state index in [1.54, 1.807) is 7.11 Å². The molecule has 0 bridgehead atoms. The lowest BCUT2D eigenvalue weighted by atomic mass is 9.99. The molecule has 1 aliphatic heterocycles. The van der Waals surface area contributed by atoms with Crippen LogP contribution in [0, 0.1) is 5.92 Å². The molecule has 1 amide bonds. The Balaban J connectivity index is 1.44. The van der Waals surface area contributed by atoms with E-state index in [2.05, 4.69) is 29.3 Å². The average Bonchev–Trinajstić information content (AvgIpc) is 2.75. The average molecular weight is 397 g/mol. The lowest BCUT2D eigenvalue weighted by Crippen LogP contribution is -2.36. The standard InChI is InChI=1S/C24H32N2O3/c1-18-12-14-26(15-13-18)16-20-4-6-21(7-5-20)24(27)25-19(2)17-29-23-10-8-22(28-3)9-11-23/h4-11,18-19H,12-17H2,1-3H3,(H,25,27)/t19-/m0/s1. The van der Waals surface area contributed by atoms with Gasteiger partial charge in [0.15, 0.2) is 0 Å². The first-order chi connectivity index (χ1) is 14.0. The maximum absolute atomic E-state index is 12.5. The van der Waals surface area contributed by atoms with Gasteiger partial charge in [0.2, 0.25) is 0 Å².